The van der Waals surface area contributed by atoms with Gasteiger partial charge in [0.25, 0.3) is 0 Å². The van der Waals surface area contributed by atoms with Crippen LogP contribution >= 0.6 is 11.6 Å². The predicted molar refractivity (Wildman–Crippen MR) is 113 cm³/mol. The highest BCUT2D eigenvalue weighted by atomic mass is 35.5. The quantitative estimate of drug-likeness (QED) is 0.738. The lowest BCUT2D eigenvalue weighted by Gasteiger charge is -2.34. The average Bonchev–Trinajstić information content (AvgIpc) is 2.70. The van der Waals surface area contributed by atoms with E-state index in [1.807, 2.05) is 31.7 Å². The number of nitrogens with one attached hydrogen (secondary N) is 1. The summed E-state index contributed by atoms with van der Waals surface area (Å²) in [6.07, 6.45) is 2.92. The van der Waals surface area contributed by atoms with E-state index in [1.54, 1.807) is 12.1 Å². The standard InChI is InChI=1S/C18H19ClFN5O.C2H6/c1-2-11(9-21)15-10-25(5-6-26-15)17-8-16(22)23-18(24-17)13-4-3-12(19)7-14(13)20;1-2/h2-4,7-9,15,21H,5-6,10H2,1H3,(H2,22,23,24);1-2H3/b11-2+,21-9?;. The molecule has 1 atom stereocenters. The zero-order valence-corrected chi connectivity index (χ0v) is 17.0. The number of benzene rings is 1. The predicted octanol–water partition coefficient (Wildman–Crippen LogP) is 4.35. The molecule has 0 bridgehead atoms. The molecular weight excluding hydrogens is 381 g/mol. The molecule has 2 aromatic rings. The number of hydrogen-bond acceptors (Lipinski definition) is 6. The molecule has 3 N–H and O–H groups in total. The van der Waals surface area contributed by atoms with Crippen LogP contribution < -0.4 is 10.6 Å². The molecular formula is C20H25ClFN5O. The van der Waals surface area contributed by atoms with Gasteiger partial charge in [-0.3, -0.25) is 0 Å². The number of rotatable bonds is 4. The molecule has 2 heterocycles. The highest BCUT2D eigenvalue weighted by Gasteiger charge is 2.24. The highest BCUT2D eigenvalue weighted by Crippen LogP contribution is 2.27. The molecule has 6 nitrogen and oxygen atoms in total. The van der Waals surface area contributed by atoms with E-state index in [1.165, 1.54) is 18.3 Å². The van der Waals surface area contributed by atoms with Gasteiger partial charge in [-0.1, -0.05) is 31.5 Å². The molecule has 3 rings (SSSR count). The number of ether oxygens (including phenoxy) is 1. The third-order valence-corrected chi connectivity index (χ3v) is 4.40. The van der Waals surface area contributed by atoms with Gasteiger partial charge >= 0.3 is 0 Å². The van der Waals surface area contributed by atoms with Crippen molar-refractivity contribution in [3.05, 3.63) is 46.8 Å². The lowest BCUT2D eigenvalue weighted by atomic mass is 10.1. The molecule has 0 radical (unpaired) electrons. The minimum absolute atomic E-state index is 0.204. The molecule has 0 spiro atoms. The molecule has 1 aliphatic rings. The zero-order chi connectivity index (χ0) is 20.7. The van der Waals surface area contributed by atoms with Crippen molar-refractivity contribution in [3.8, 4) is 11.4 Å². The number of aromatic nitrogens is 2. The fraction of sp³-hybridized carbons (Fsp3) is 0.350. The van der Waals surface area contributed by atoms with Gasteiger partial charge in [0.05, 0.1) is 12.2 Å². The number of allylic oxidation sites excluding steroid dienone is 1. The molecule has 0 saturated carbocycles. The van der Waals surface area contributed by atoms with Gasteiger partial charge < -0.3 is 20.8 Å². The van der Waals surface area contributed by atoms with Crippen molar-refractivity contribution < 1.29 is 9.13 Å². The summed E-state index contributed by atoms with van der Waals surface area (Å²) >= 11 is 5.81. The van der Waals surface area contributed by atoms with Gasteiger partial charge in [-0.05, 0) is 30.7 Å². The Kier molecular flexibility index (Phi) is 7.90. The topological polar surface area (TPSA) is 88.1 Å². The summed E-state index contributed by atoms with van der Waals surface area (Å²) in [6.45, 7) is 7.50. The van der Waals surface area contributed by atoms with E-state index in [-0.39, 0.29) is 23.3 Å². The fourth-order valence-corrected chi connectivity index (χ4v) is 2.99. The fourth-order valence-electron chi connectivity index (χ4n) is 2.83. The maximum absolute atomic E-state index is 14.2. The van der Waals surface area contributed by atoms with E-state index in [2.05, 4.69) is 9.97 Å². The first kappa shape index (κ1) is 21.8. The summed E-state index contributed by atoms with van der Waals surface area (Å²) in [5, 5.41) is 7.80. The Morgan fingerprint density at radius 3 is 2.75 bits per heavy atom. The molecule has 1 saturated heterocycles. The maximum Gasteiger partial charge on any atom is 0.166 e. The minimum Gasteiger partial charge on any atom is -0.384 e. The molecule has 8 heteroatoms. The Hall–Kier alpha value is -2.51. The van der Waals surface area contributed by atoms with Crippen LogP contribution in [0.1, 0.15) is 20.8 Å². The van der Waals surface area contributed by atoms with Crippen molar-refractivity contribution in [2.45, 2.75) is 26.9 Å². The largest absolute Gasteiger partial charge is 0.384 e. The monoisotopic (exact) mass is 405 g/mol. The van der Waals surface area contributed by atoms with Crippen molar-refractivity contribution in [3.63, 3.8) is 0 Å². The van der Waals surface area contributed by atoms with Crippen molar-refractivity contribution in [1.82, 2.24) is 9.97 Å². The Balaban J connectivity index is 0.00000136. The first-order chi connectivity index (χ1) is 13.5. The lowest BCUT2D eigenvalue weighted by Crippen LogP contribution is -2.44. The third-order valence-electron chi connectivity index (χ3n) is 4.17. The van der Waals surface area contributed by atoms with Crippen LogP contribution in [0.4, 0.5) is 16.0 Å². The second-order valence-corrected chi connectivity index (χ2v) is 6.27. The minimum atomic E-state index is -0.506. The summed E-state index contributed by atoms with van der Waals surface area (Å²) in [6, 6.07) is 5.99. The van der Waals surface area contributed by atoms with Crippen LogP contribution in [0.15, 0.2) is 35.9 Å². The van der Waals surface area contributed by atoms with Crippen LogP contribution in [-0.4, -0.2) is 42.0 Å². The van der Waals surface area contributed by atoms with Crippen LogP contribution in [0.3, 0.4) is 0 Å². The smallest absolute Gasteiger partial charge is 0.166 e. The van der Waals surface area contributed by atoms with Gasteiger partial charge in [-0.15, -0.1) is 0 Å². The second-order valence-electron chi connectivity index (χ2n) is 5.84. The van der Waals surface area contributed by atoms with Gasteiger partial charge in [0.1, 0.15) is 23.6 Å². The molecule has 1 aromatic heterocycles. The normalized spacial score (nSPS) is 17.0. The number of nitrogens with two attached hydrogens (primary N) is 1. The van der Waals surface area contributed by atoms with Gasteiger partial charge in [0.15, 0.2) is 5.82 Å². The van der Waals surface area contributed by atoms with Crippen LogP contribution in [0.2, 0.25) is 5.02 Å². The molecule has 1 unspecified atom stereocenters. The van der Waals surface area contributed by atoms with Gasteiger partial charge in [0, 0.05) is 30.4 Å². The molecule has 0 aliphatic carbocycles. The van der Waals surface area contributed by atoms with Crippen molar-refractivity contribution >= 4 is 29.5 Å². The summed E-state index contributed by atoms with van der Waals surface area (Å²) in [5.41, 5.74) is 6.95. The second kappa shape index (κ2) is 10.1. The molecule has 1 aromatic carbocycles. The third kappa shape index (κ3) is 5.05. The highest BCUT2D eigenvalue weighted by molar-refractivity contribution is 6.30. The van der Waals surface area contributed by atoms with Crippen molar-refractivity contribution in [2.75, 3.05) is 30.3 Å². The lowest BCUT2D eigenvalue weighted by molar-refractivity contribution is 0.0677. The van der Waals surface area contributed by atoms with Crippen LogP contribution in [-0.2, 0) is 4.74 Å². The van der Waals surface area contributed by atoms with E-state index < -0.39 is 5.82 Å². The molecule has 1 fully saturated rings. The number of nitrogens with zero attached hydrogens (tertiary/aromatic N) is 3. The van der Waals surface area contributed by atoms with Gasteiger partial charge in [0.2, 0.25) is 0 Å². The number of nitrogen functional groups attached to an aromatic ring is 1. The SMILES string of the molecule is C/C=C(\C=N)C1CN(c2cc(N)nc(-c3ccc(Cl)cc3F)n2)CCO1.CC. The zero-order valence-electron chi connectivity index (χ0n) is 16.2. The number of halogens is 2. The van der Waals surface area contributed by atoms with Crippen LogP contribution in [0.5, 0.6) is 0 Å². The van der Waals surface area contributed by atoms with E-state index >= 15 is 0 Å². The summed E-state index contributed by atoms with van der Waals surface area (Å²) in [7, 11) is 0. The Labute approximate surface area is 169 Å². The van der Waals surface area contributed by atoms with E-state index in [0.717, 1.165) is 5.57 Å². The Morgan fingerprint density at radius 2 is 2.11 bits per heavy atom. The van der Waals surface area contributed by atoms with Crippen LogP contribution in [0, 0.1) is 11.2 Å². The van der Waals surface area contributed by atoms with E-state index in [4.69, 9.17) is 27.5 Å². The summed E-state index contributed by atoms with van der Waals surface area (Å²) in [4.78, 5) is 10.6. The average molecular weight is 406 g/mol. The molecule has 1 aliphatic heterocycles. The molecule has 0 amide bonds. The number of anilines is 2. The maximum atomic E-state index is 14.2. The molecule has 28 heavy (non-hydrogen) atoms. The van der Waals surface area contributed by atoms with Gasteiger partial charge in [-0.25, -0.2) is 14.4 Å². The van der Waals surface area contributed by atoms with E-state index in [0.29, 0.717) is 30.5 Å². The van der Waals surface area contributed by atoms with Crippen molar-refractivity contribution in [2.24, 2.45) is 0 Å². The van der Waals surface area contributed by atoms with E-state index in [9.17, 15) is 4.39 Å². The van der Waals surface area contributed by atoms with Gasteiger partial charge in [-0.2, -0.15) is 0 Å². The summed E-state index contributed by atoms with van der Waals surface area (Å²) in [5.74, 6) is 0.542. The Morgan fingerprint density at radius 1 is 1.36 bits per heavy atom. The van der Waals surface area contributed by atoms with Crippen molar-refractivity contribution in [1.29, 1.82) is 5.41 Å². The number of hydrogen-bond donors (Lipinski definition) is 2. The molecule has 150 valence electrons. The van der Waals surface area contributed by atoms with Crippen LogP contribution in [0.25, 0.3) is 11.4 Å². The first-order valence-corrected chi connectivity index (χ1v) is 9.53. The Bertz CT molecular complexity index is 858. The summed E-state index contributed by atoms with van der Waals surface area (Å²) < 4.78 is 20.0. The number of morpholine rings is 1. The first-order valence-electron chi connectivity index (χ1n) is 9.15.